The van der Waals surface area contributed by atoms with Crippen LogP contribution in [0.15, 0.2) is 21.3 Å². The number of nitrogens with zero attached hydrogens (tertiary/aromatic N) is 2. The number of carbonyl (C=O) groups excluding carboxylic acids is 2. The van der Waals surface area contributed by atoms with Gasteiger partial charge in [-0.3, -0.25) is 4.79 Å². The molecule has 3 rings (SSSR count). The van der Waals surface area contributed by atoms with E-state index in [4.69, 9.17) is 4.52 Å². The first-order valence-corrected chi connectivity index (χ1v) is 8.59. The molecule has 3 heterocycles. The van der Waals surface area contributed by atoms with Gasteiger partial charge >= 0.3 is 29.6 Å². The summed E-state index contributed by atoms with van der Waals surface area (Å²) in [6, 6.07) is -0.0680. The number of carboxylic acid groups (broad SMARTS) is 1. The van der Waals surface area contributed by atoms with Crippen LogP contribution in [0.25, 0.3) is 6.08 Å². The van der Waals surface area contributed by atoms with E-state index in [1.807, 2.05) is 0 Å². The van der Waals surface area contributed by atoms with E-state index < -0.39 is 37.9 Å². The first-order valence-electron chi connectivity index (χ1n) is 6.25. The second-order valence-electron chi connectivity index (χ2n) is 5.30. The Bertz CT molecular complexity index is 806. The summed E-state index contributed by atoms with van der Waals surface area (Å²) in [5.74, 6) is -1.87. The second kappa shape index (κ2) is 5.99. The number of carbonyl (C=O) groups is 2. The molecule has 2 aliphatic rings. The molecule has 2 fully saturated rings. The van der Waals surface area contributed by atoms with Crippen molar-refractivity contribution >= 4 is 43.7 Å². The fraction of sp³-hybridized carbons (Fsp3) is 0.417. The summed E-state index contributed by atoms with van der Waals surface area (Å²) in [6.07, 6.45) is 2.33. The van der Waals surface area contributed by atoms with Crippen molar-refractivity contribution in [1.82, 2.24) is 10.1 Å². The third-order valence-corrected chi connectivity index (χ3v) is 7.11. The largest absolute Gasteiger partial charge is 1.00 e. The molecule has 0 aliphatic carbocycles. The Kier molecular flexibility index (Phi) is 4.86. The molecule has 1 aromatic heterocycles. The number of sulfone groups is 1. The number of hydrogen-bond donors (Lipinski definition) is 0. The van der Waals surface area contributed by atoms with E-state index in [1.165, 1.54) is 25.1 Å². The molecule has 0 aromatic carbocycles. The molecule has 0 bridgehead atoms. The van der Waals surface area contributed by atoms with E-state index in [0.717, 1.165) is 4.90 Å². The fourth-order valence-corrected chi connectivity index (χ4v) is 5.38. The first kappa shape index (κ1) is 18.7. The van der Waals surface area contributed by atoms with Gasteiger partial charge in [-0.25, -0.2) is 8.42 Å². The Labute approximate surface area is 162 Å². The van der Waals surface area contributed by atoms with Crippen LogP contribution in [0.3, 0.4) is 0 Å². The van der Waals surface area contributed by atoms with Crippen molar-refractivity contribution in [3.05, 3.63) is 22.5 Å². The fourth-order valence-electron chi connectivity index (χ4n) is 2.82. The Morgan fingerprint density at radius 2 is 2.26 bits per heavy atom. The third kappa shape index (κ3) is 2.60. The average molecular weight is 413 g/mol. The van der Waals surface area contributed by atoms with Crippen LogP contribution in [-0.4, -0.2) is 46.5 Å². The van der Waals surface area contributed by atoms with Gasteiger partial charge in [-0.1, -0.05) is 11.2 Å². The molecule has 0 saturated carbocycles. The molecule has 11 heteroatoms. The number of halogens is 1. The van der Waals surface area contributed by atoms with E-state index in [0.29, 0.717) is 4.60 Å². The minimum absolute atomic E-state index is 0. The maximum atomic E-state index is 12.6. The van der Waals surface area contributed by atoms with Crippen molar-refractivity contribution in [3.8, 4) is 0 Å². The summed E-state index contributed by atoms with van der Waals surface area (Å²) >= 11 is 3.08. The van der Waals surface area contributed by atoms with Crippen LogP contribution in [0.1, 0.15) is 19.1 Å². The minimum atomic E-state index is -3.89. The Hall–Kier alpha value is -0.680. The zero-order valence-electron chi connectivity index (χ0n) is 12.2. The number of rotatable bonds is 3. The van der Waals surface area contributed by atoms with Crippen molar-refractivity contribution in [2.75, 3.05) is 0 Å². The Morgan fingerprint density at radius 1 is 1.61 bits per heavy atom. The molecule has 118 valence electrons. The quantitative estimate of drug-likeness (QED) is 0.370. The zero-order valence-corrected chi connectivity index (χ0v) is 16.6. The monoisotopic (exact) mass is 412 g/mol. The maximum Gasteiger partial charge on any atom is 1.00 e. The van der Waals surface area contributed by atoms with Crippen molar-refractivity contribution in [2.45, 2.75) is 29.5 Å². The maximum absolute atomic E-state index is 12.6. The van der Waals surface area contributed by atoms with Crippen LogP contribution >= 0.6 is 15.9 Å². The van der Waals surface area contributed by atoms with E-state index in [1.54, 1.807) is 0 Å². The second-order valence-corrected chi connectivity index (χ2v) is 8.62. The summed E-state index contributed by atoms with van der Waals surface area (Å²) in [6.45, 7) is 1.26. The summed E-state index contributed by atoms with van der Waals surface area (Å²) < 4.78 is 28.7. The number of aliphatic carboxylic acids is 1. The molecule has 2 aliphatic heterocycles. The van der Waals surface area contributed by atoms with Crippen molar-refractivity contribution in [2.24, 2.45) is 0 Å². The van der Waals surface area contributed by atoms with Crippen molar-refractivity contribution < 1.29 is 57.2 Å². The first-order chi connectivity index (χ1) is 10.2. The molecule has 3 atom stereocenters. The summed E-state index contributed by atoms with van der Waals surface area (Å²) in [4.78, 5) is 23.9. The number of amides is 1. The summed E-state index contributed by atoms with van der Waals surface area (Å²) in [5, 5.41) is 13.9. The molecule has 1 amide bonds. The topological polar surface area (TPSA) is 121 Å². The van der Waals surface area contributed by atoms with E-state index in [9.17, 15) is 23.1 Å². The smallest absolute Gasteiger partial charge is 0.548 e. The van der Waals surface area contributed by atoms with Gasteiger partial charge in [-0.15, -0.1) is 0 Å². The molecule has 0 N–H and O–H groups in total. The van der Waals surface area contributed by atoms with E-state index in [2.05, 4.69) is 21.1 Å². The molecule has 8 nitrogen and oxygen atoms in total. The van der Waals surface area contributed by atoms with Gasteiger partial charge in [0.05, 0.1) is 18.4 Å². The Morgan fingerprint density at radius 3 is 2.74 bits per heavy atom. The number of fused-ring (bicyclic) bond motifs is 1. The van der Waals surface area contributed by atoms with Gasteiger partial charge in [0, 0.05) is 6.07 Å². The molecule has 23 heavy (non-hydrogen) atoms. The molecule has 0 spiro atoms. The van der Waals surface area contributed by atoms with Crippen molar-refractivity contribution in [1.29, 1.82) is 0 Å². The number of hydrogen-bond acceptors (Lipinski definition) is 7. The molecule has 2 saturated heterocycles. The normalized spacial score (nSPS) is 31.6. The van der Waals surface area contributed by atoms with E-state index >= 15 is 0 Å². The van der Waals surface area contributed by atoms with Gasteiger partial charge < -0.3 is 19.3 Å². The van der Waals surface area contributed by atoms with Crippen LogP contribution < -0.4 is 34.7 Å². The van der Waals surface area contributed by atoms with Crippen molar-refractivity contribution in [3.63, 3.8) is 0 Å². The molecule has 0 radical (unpaired) electrons. The van der Waals surface area contributed by atoms with Crippen LogP contribution in [0.2, 0.25) is 0 Å². The number of carboxylic acids is 1. The zero-order chi connectivity index (χ0) is 16.3. The van der Waals surface area contributed by atoms with Gasteiger partial charge in [0.15, 0.2) is 15.6 Å². The van der Waals surface area contributed by atoms with Crippen LogP contribution in [-0.2, 0) is 19.4 Å². The number of β-lactam (4-membered cyclic amide) rings is 1. The average Bonchev–Trinajstić information content (AvgIpc) is 2.88. The molecular weight excluding hydrogens is 403 g/mol. The van der Waals surface area contributed by atoms with Gasteiger partial charge in [-0.2, -0.15) is 0 Å². The van der Waals surface area contributed by atoms with Crippen LogP contribution in [0, 0.1) is 0 Å². The minimum Gasteiger partial charge on any atom is -0.548 e. The third-order valence-electron chi connectivity index (χ3n) is 4.04. The SMILES string of the molecule is C[C@]1(/C=C\c2cc(Br)no2)[C@H](C(=O)[O-])N2C(=O)C[C@H]2S1(=O)=O.[Na+]. The molecule has 0 unspecified atom stereocenters. The van der Waals surface area contributed by atoms with Crippen LogP contribution in [0.4, 0.5) is 0 Å². The van der Waals surface area contributed by atoms with E-state index in [-0.39, 0.29) is 41.7 Å². The van der Waals surface area contributed by atoms with Gasteiger partial charge in [0.25, 0.3) is 0 Å². The molecule has 1 aromatic rings. The predicted octanol–water partition coefficient (Wildman–Crippen LogP) is -3.68. The standard InChI is InChI=1S/C12H11BrN2O6S.Na/c1-12(3-2-6-4-7(13)14-21-6)10(11(17)18)15-8(16)5-9(15)22(12,19)20;/h2-4,9-10H,5H2,1H3,(H,17,18);/q;+1/p-1/b3-2-;/t9-,10+,12+;/m1./s1. The van der Waals surface area contributed by atoms with Crippen LogP contribution in [0.5, 0.6) is 0 Å². The number of aromatic nitrogens is 1. The summed E-state index contributed by atoms with van der Waals surface area (Å²) in [7, 11) is -3.89. The molecular formula is C12H10BrN2NaO6S. The summed E-state index contributed by atoms with van der Waals surface area (Å²) in [5.41, 5.74) is 0. The Balaban J connectivity index is 0.00000192. The van der Waals surface area contributed by atoms with Gasteiger partial charge in [-0.05, 0) is 28.9 Å². The van der Waals surface area contributed by atoms with Gasteiger partial charge in [0.2, 0.25) is 5.91 Å². The predicted molar refractivity (Wildman–Crippen MR) is 74.6 cm³/mol. The van der Waals surface area contributed by atoms with Gasteiger partial charge in [0.1, 0.15) is 14.7 Å².